The zero-order chi connectivity index (χ0) is 13.1. The van der Waals surface area contributed by atoms with E-state index in [1.54, 1.807) is 32.2 Å². The van der Waals surface area contributed by atoms with Crippen molar-refractivity contribution >= 4 is 27.5 Å². The Morgan fingerprint density at radius 1 is 1.50 bits per heavy atom. The number of ether oxygens (including phenoxy) is 1. The number of aromatic amines is 1. The molecule has 0 bridgehead atoms. The van der Waals surface area contributed by atoms with E-state index in [9.17, 15) is 4.79 Å². The fourth-order valence-electron chi connectivity index (χ4n) is 1.52. The van der Waals surface area contributed by atoms with E-state index in [1.165, 1.54) is 6.20 Å². The summed E-state index contributed by atoms with van der Waals surface area (Å²) in [7, 11) is 1.59. The first-order valence-corrected chi connectivity index (χ1v) is 6.06. The van der Waals surface area contributed by atoms with Crippen LogP contribution in [0.5, 0.6) is 5.75 Å². The van der Waals surface area contributed by atoms with Crippen molar-refractivity contribution in [3.05, 3.63) is 40.1 Å². The van der Waals surface area contributed by atoms with Gasteiger partial charge in [-0.2, -0.15) is 5.10 Å². The first-order valence-electron chi connectivity index (χ1n) is 5.26. The van der Waals surface area contributed by atoms with E-state index >= 15 is 0 Å². The van der Waals surface area contributed by atoms with Gasteiger partial charge in [-0.15, -0.1) is 0 Å². The SMILES string of the molecule is COc1ccc(NC(=O)c2cn[nH]c2C)cc1Br. The van der Waals surface area contributed by atoms with Crippen LogP contribution in [0.3, 0.4) is 0 Å². The molecular weight excluding hydrogens is 298 g/mol. The predicted octanol–water partition coefficient (Wildman–Crippen LogP) is 2.74. The van der Waals surface area contributed by atoms with E-state index in [2.05, 4.69) is 31.4 Å². The van der Waals surface area contributed by atoms with Gasteiger partial charge in [0.05, 0.1) is 23.3 Å². The van der Waals surface area contributed by atoms with Crippen molar-refractivity contribution in [2.75, 3.05) is 12.4 Å². The number of aromatic nitrogens is 2. The van der Waals surface area contributed by atoms with Crippen LogP contribution in [0, 0.1) is 6.92 Å². The van der Waals surface area contributed by atoms with Gasteiger partial charge in [0, 0.05) is 11.4 Å². The minimum Gasteiger partial charge on any atom is -0.496 e. The molecule has 0 saturated heterocycles. The second-order valence-corrected chi connectivity index (χ2v) is 4.57. The number of H-pyrrole nitrogens is 1. The summed E-state index contributed by atoms with van der Waals surface area (Å²) in [6, 6.07) is 5.34. The third-order valence-corrected chi connectivity index (χ3v) is 3.10. The van der Waals surface area contributed by atoms with Crippen molar-refractivity contribution in [3.8, 4) is 5.75 Å². The van der Waals surface area contributed by atoms with Gasteiger partial charge in [-0.3, -0.25) is 9.89 Å². The zero-order valence-corrected chi connectivity index (χ0v) is 11.5. The number of methoxy groups -OCH3 is 1. The lowest BCUT2D eigenvalue weighted by Gasteiger charge is -2.07. The first-order chi connectivity index (χ1) is 8.61. The molecule has 0 unspecified atom stereocenters. The Morgan fingerprint density at radius 3 is 2.83 bits per heavy atom. The van der Waals surface area contributed by atoms with Gasteiger partial charge in [0.2, 0.25) is 0 Å². The van der Waals surface area contributed by atoms with Crippen LogP contribution in [0.1, 0.15) is 16.1 Å². The van der Waals surface area contributed by atoms with E-state index in [4.69, 9.17) is 4.74 Å². The Bertz CT molecular complexity index is 580. The summed E-state index contributed by atoms with van der Waals surface area (Å²) in [6.45, 7) is 1.80. The van der Waals surface area contributed by atoms with Crippen LogP contribution < -0.4 is 10.1 Å². The van der Waals surface area contributed by atoms with E-state index in [-0.39, 0.29) is 5.91 Å². The van der Waals surface area contributed by atoms with Crippen molar-refractivity contribution in [1.82, 2.24) is 10.2 Å². The Hall–Kier alpha value is -1.82. The highest BCUT2D eigenvalue weighted by atomic mass is 79.9. The van der Waals surface area contributed by atoms with Crippen LogP contribution in [0.25, 0.3) is 0 Å². The van der Waals surface area contributed by atoms with Gasteiger partial charge in [0.15, 0.2) is 0 Å². The summed E-state index contributed by atoms with van der Waals surface area (Å²) in [6.07, 6.45) is 1.50. The standard InChI is InChI=1S/C12H12BrN3O2/c1-7-9(6-14-16-7)12(17)15-8-3-4-11(18-2)10(13)5-8/h3-6H,1-2H3,(H,14,16)(H,15,17). The number of carbonyl (C=O) groups excluding carboxylic acids is 1. The lowest BCUT2D eigenvalue weighted by atomic mass is 10.2. The Labute approximate surface area is 113 Å². The van der Waals surface area contributed by atoms with Gasteiger partial charge in [0.25, 0.3) is 5.91 Å². The summed E-state index contributed by atoms with van der Waals surface area (Å²) >= 11 is 3.37. The lowest BCUT2D eigenvalue weighted by Crippen LogP contribution is -2.12. The van der Waals surface area contributed by atoms with Crippen LogP contribution in [-0.4, -0.2) is 23.2 Å². The van der Waals surface area contributed by atoms with Crippen LogP contribution >= 0.6 is 15.9 Å². The molecule has 1 aromatic carbocycles. The smallest absolute Gasteiger partial charge is 0.259 e. The molecule has 0 aliphatic carbocycles. The second kappa shape index (κ2) is 5.22. The third kappa shape index (κ3) is 2.53. The number of amides is 1. The number of benzene rings is 1. The second-order valence-electron chi connectivity index (χ2n) is 3.71. The fourth-order valence-corrected chi connectivity index (χ4v) is 2.06. The van der Waals surface area contributed by atoms with Gasteiger partial charge in [-0.05, 0) is 41.1 Å². The normalized spacial score (nSPS) is 10.2. The summed E-state index contributed by atoms with van der Waals surface area (Å²) in [4.78, 5) is 11.9. The molecule has 2 aromatic rings. The van der Waals surface area contributed by atoms with Crippen molar-refractivity contribution in [2.24, 2.45) is 0 Å². The maximum atomic E-state index is 11.9. The molecule has 6 heteroatoms. The monoisotopic (exact) mass is 309 g/mol. The average molecular weight is 310 g/mol. The van der Waals surface area contributed by atoms with Gasteiger partial charge < -0.3 is 10.1 Å². The zero-order valence-electron chi connectivity index (χ0n) is 9.95. The molecule has 18 heavy (non-hydrogen) atoms. The molecule has 5 nitrogen and oxygen atoms in total. The Morgan fingerprint density at radius 2 is 2.28 bits per heavy atom. The molecular formula is C12H12BrN3O2. The van der Waals surface area contributed by atoms with Gasteiger partial charge in [-0.25, -0.2) is 0 Å². The molecule has 0 atom stereocenters. The minimum absolute atomic E-state index is 0.196. The number of hydrogen-bond donors (Lipinski definition) is 2. The number of anilines is 1. The number of halogens is 1. The third-order valence-electron chi connectivity index (χ3n) is 2.48. The van der Waals surface area contributed by atoms with Crippen molar-refractivity contribution in [2.45, 2.75) is 6.92 Å². The first kappa shape index (κ1) is 12.6. The summed E-state index contributed by atoms with van der Waals surface area (Å²) in [5.74, 6) is 0.519. The molecule has 2 rings (SSSR count). The van der Waals surface area contributed by atoms with Crippen molar-refractivity contribution in [1.29, 1.82) is 0 Å². The largest absolute Gasteiger partial charge is 0.496 e. The fraction of sp³-hybridized carbons (Fsp3) is 0.167. The minimum atomic E-state index is -0.196. The maximum Gasteiger partial charge on any atom is 0.259 e. The van der Waals surface area contributed by atoms with Gasteiger partial charge >= 0.3 is 0 Å². The molecule has 0 radical (unpaired) electrons. The molecule has 0 saturated carbocycles. The molecule has 0 spiro atoms. The molecule has 0 aliphatic heterocycles. The van der Waals surface area contributed by atoms with Crippen LogP contribution in [0.15, 0.2) is 28.9 Å². The molecule has 1 heterocycles. The van der Waals surface area contributed by atoms with E-state index in [0.717, 1.165) is 10.2 Å². The Balaban J connectivity index is 2.17. The topological polar surface area (TPSA) is 67.0 Å². The number of rotatable bonds is 3. The van der Waals surface area contributed by atoms with Gasteiger partial charge in [-0.1, -0.05) is 0 Å². The maximum absolute atomic E-state index is 11.9. The van der Waals surface area contributed by atoms with Crippen LogP contribution in [0.4, 0.5) is 5.69 Å². The van der Waals surface area contributed by atoms with Crippen molar-refractivity contribution < 1.29 is 9.53 Å². The summed E-state index contributed by atoms with van der Waals surface area (Å²) in [5.41, 5.74) is 1.95. The summed E-state index contributed by atoms with van der Waals surface area (Å²) < 4.78 is 5.91. The number of aryl methyl sites for hydroxylation is 1. The van der Waals surface area contributed by atoms with Crippen LogP contribution in [-0.2, 0) is 0 Å². The summed E-state index contributed by atoms with van der Waals surface area (Å²) in [5, 5.41) is 9.33. The van der Waals surface area contributed by atoms with E-state index in [1.807, 2.05) is 0 Å². The number of nitrogens with one attached hydrogen (secondary N) is 2. The molecule has 94 valence electrons. The van der Waals surface area contributed by atoms with E-state index in [0.29, 0.717) is 17.0 Å². The molecule has 1 aromatic heterocycles. The number of nitrogens with zero attached hydrogens (tertiary/aromatic N) is 1. The molecule has 0 aliphatic rings. The molecule has 0 fully saturated rings. The highest BCUT2D eigenvalue weighted by Crippen LogP contribution is 2.27. The van der Waals surface area contributed by atoms with Crippen LogP contribution in [0.2, 0.25) is 0 Å². The highest BCUT2D eigenvalue weighted by Gasteiger charge is 2.11. The Kier molecular flexibility index (Phi) is 3.66. The van der Waals surface area contributed by atoms with E-state index < -0.39 is 0 Å². The molecule has 1 amide bonds. The average Bonchev–Trinajstić information content (AvgIpc) is 2.76. The van der Waals surface area contributed by atoms with Gasteiger partial charge in [0.1, 0.15) is 5.75 Å². The quantitative estimate of drug-likeness (QED) is 0.916. The van der Waals surface area contributed by atoms with Crippen molar-refractivity contribution in [3.63, 3.8) is 0 Å². The molecule has 2 N–H and O–H groups in total. The predicted molar refractivity (Wildman–Crippen MR) is 72.0 cm³/mol. The number of carbonyl (C=O) groups is 1. The highest BCUT2D eigenvalue weighted by molar-refractivity contribution is 9.10. The lowest BCUT2D eigenvalue weighted by molar-refractivity contribution is 0.102. The number of hydrogen-bond acceptors (Lipinski definition) is 3.